The van der Waals surface area contributed by atoms with Crippen LogP contribution >= 0.6 is 0 Å². The molecule has 2 aromatic rings. The topological polar surface area (TPSA) is 92.2 Å². The van der Waals surface area contributed by atoms with Gasteiger partial charge in [-0.1, -0.05) is 12.1 Å². The highest BCUT2D eigenvalue weighted by atomic mass is 16.2. The first-order chi connectivity index (χ1) is 11.0. The van der Waals surface area contributed by atoms with Crippen molar-refractivity contribution in [3.8, 4) is 11.1 Å². The molecule has 1 heterocycles. The van der Waals surface area contributed by atoms with Crippen molar-refractivity contribution in [2.75, 3.05) is 17.7 Å². The molecule has 0 radical (unpaired) electrons. The maximum atomic E-state index is 12.1. The molecule has 1 aromatic heterocycles. The molecular weight excluding hydrogens is 296 g/mol. The first kappa shape index (κ1) is 16.3. The molecule has 2 rings (SSSR count). The summed E-state index contributed by atoms with van der Waals surface area (Å²) in [6.45, 7) is 1.87. The minimum atomic E-state index is -0.465. The number of nitrogens with one attached hydrogen (secondary N) is 3. The highest BCUT2D eigenvalue weighted by Crippen LogP contribution is 2.28. The second kappa shape index (κ2) is 6.78. The van der Waals surface area contributed by atoms with E-state index in [1.165, 1.54) is 11.6 Å². The number of hydrogen-bond acceptors (Lipinski definition) is 3. The van der Waals surface area contributed by atoms with Gasteiger partial charge in [0.1, 0.15) is 5.69 Å². The summed E-state index contributed by atoms with van der Waals surface area (Å²) in [7, 11) is 3.09. The standard InChI is InChI=1S/C16H18N4O3/c1-10-12(5-4-6-13(10)18-9-21)11-7-14(19-16(23)17-2)15(22)20(3)8-11/h4-9H,1-3H3,(H,18,21)(H2,17,19,23). The van der Waals surface area contributed by atoms with Crippen LogP contribution in [0, 0.1) is 6.92 Å². The van der Waals surface area contributed by atoms with E-state index in [2.05, 4.69) is 16.0 Å². The molecule has 0 aliphatic rings. The molecule has 0 spiro atoms. The number of urea groups is 1. The summed E-state index contributed by atoms with van der Waals surface area (Å²) in [6.07, 6.45) is 2.30. The maximum absolute atomic E-state index is 12.1. The van der Waals surface area contributed by atoms with Crippen molar-refractivity contribution < 1.29 is 9.59 Å². The highest BCUT2D eigenvalue weighted by Gasteiger charge is 2.11. The fourth-order valence-corrected chi connectivity index (χ4v) is 2.30. The predicted octanol–water partition coefficient (Wildman–Crippen LogP) is 1.68. The number of aromatic nitrogens is 1. The van der Waals surface area contributed by atoms with E-state index in [1.807, 2.05) is 19.1 Å². The molecule has 0 fully saturated rings. The summed E-state index contributed by atoms with van der Waals surface area (Å²) in [6, 6.07) is 6.64. The SMILES string of the molecule is CNC(=O)Nc1cc(-c2cccc(NC=O)c2C)cn(C)c1=O. The first-order valence-corrected chi connectivity index (χ1v) is 6.97. The minimum Gasteiger partial charge on any atom is -0.341 e. The zero-order valence-corrected chi connectivity index (χ0v) is 13.1. The Labute approximate surface area is 133 Å². The van der Waals surface area contributed by atoms with E-state index in [0.717, 1.165) is 16.7 Å². The van der Waals surface area contributed by atoms with E-state index in [4.69, 9.17) is 0 Å². The van der Waals surface area contributed by atoms with Gasteiger partial charge in [-0.2, -0.15) is 0 Å². The molecule has 0 atom stereocenters. The van der Waals surface area contributed by atoms with Crippen molar-refractivity contribution >= 4 is 23.8 Å². The highest BCUT2D eigenvalue weighted by molar-refractivity contribution is 5.90. The van der Waals surface area contributed by atoms with Gasteiger partial charge in [-0.15, -0.1) is 0 Å². The first-order valence-electron chi connectivity index (χ1n) is 6.97. The van der Waals surface area contributed by atoms with Crippen molar-refractivity contribution in [3.05, 3.63) is 46.4 Å². The summed E-state index contributed by atoms with van der Waals surface area (Å²) in [5.74, 6) is 0. The summed E-state index contributed by atoms with van der Waals surface area (Å²) >= 11 is 0. The molecule has 120 valence electrons. The number of hydrogen-bond donors (Lipinski definition) is 3. The van der Waals surface area contributed by atoms with Gasteiger partial charge in [0.05, 0.1) is 0 Å². The number of carbonyl (C=O) groups excluding carboxylic acids is 2. The van der Waals surface area contributed by atoms with Crippen LogP contribution in [0.1, 0.15) is 5.56 Å². The molecular formula is C16H18N4O3. The zero-order valence-electron chi connectivity index (χ0n) is 13.1. The third-order valence-electron chi connectivity index (χ3n) is 3.52. The Morgan fingerprint density at radius 3 is 2.65 bits per heavy atom. The summed E-state index contributed by atoms with van der Waals surface area (Å²) in [5, 5.41) is 7.56. The lowest BCUT2D eigenvalue weighted by Gasteiger charge is -2.13. The maximum Gasteiger partial charge on any atom is 0.319 e. The third kappa shape index (κ3) is 3.39. The largest absolute Gasteiger partial charge is 0.341 e. The van der Waals surface area contributed by atoms with Crippen LogP contribution in [0.5, 0.6) is 0 Å². The Morgan fingerprint density at radius 1 is 1.26 bits per heavy atom. The van der Waals surface area contributed by atoms with Gasteiger partial charge in [0.25, 0.3) is 5.56 Å². The summed E-state index contributed by atoms with van der Waals surface area (Å²) < 4.78 is 1.40. The molecule has 3 amide bonds. The second-order valence-electron chi connectivity index (χ2n) is 5.00. The Balaban J connectivity index is 2.56. The van der Waals surface area contributed by atoms with Crippen LogP contribution in [-0.2, 0) is 11.8 Å². The molecule has 0 unspecified atom stereocenters. The molecule has 0 saturated carbocycles. The molecule has 3 N–H and O–H groups in total. The van der Waals surface area contributed by atoms with Crippen LogP contribution in [0.3, 0.4) is 0 Å². The Hall–Kier alpha value is -3.09. The van der Waals surface area contributed by atoms with Gasteiger partial charge in [-0.25, -0.2) is 4.79 Å². The fraction of sp³-hybridized carbons (Fsp3) is 0.188. The molecule has 1 aromatic carbocycles. The Bertz CT molecular complexity index is 811. The van der Waals surface area contributed by atoms with E-state index in [9.17, 15) is 14.4 Å². The quantitative estimate of drug-likeness (QED) is 0.750. The predicted molar refractivity (Wildman–Crippen MR) is 89.6 cm³/mol. The Morgan fingerprint density at radius 2 is 2.00 bits per heavy atom. The van der Waals surface area contributed by atoms with E-state index >= 15 is 0 Å². The smallest absolute Gasteiger partial charge is 0.319 e. The number of anilines is 2. The van der Waals surface area contributed by atoms with Crippen LogP contribution in [0.2, 0.25) is 0 Å². The van der Waals surface area contributed by atoms with Crippen molar-refractivity contribution in [1.29, 1.82) is 0 Å². The normalized spacial score (nSPS) is 10.0. The number of nitrogens with zero attached hydrogens (tertiary/aromatic N) is 1. The van der Waals surface area contributed by atoms with Gasteiger partial charge < -0.3 is 20.5 Å². The average molecular weight is 314 g/mol. The van der Waals surface area contributed by atoms with Gasteiger partial charge in [0, 0.05) is 31.5 Å². The van der Waals surface area contributed by atoms with E-state index in [1.54, 1.807) is 25.4 Å². The molecule has 23 heavy (non-hydrogen) atoms. The second-order valence-corrected chi connectivity index (χ2v) is 5.00. The van der Waals surface area contributed by atoms with Crippen molar-refractivity contribution in [2.45, 2.75) is 6.92 Å². The van der Waals surface area contributed by atoms with Gasteiger partial charge in [0.15, 0.2) is 0 Å². The lowest BCUT2D eigenvalue weighted by atomic mass is 10.00. The number of carbonyl (C=O) groups is 2. The van der Waals surface area contributed by atoms with Crippen LogP contribution in [-0.4, -0.2) is 24.1 Å². The average Bonchev–Trinajstić information content (AvgIpc) is 2.53. The monoisotopic (exact) mass is 314 g/mol. The molecule has 7 nitrogen and oxygen atoms in total. The van der Waals surface area contributed by atoms with Gasteiger partial charge in [-0.05, 0) is 30.2 Å². The van der Waals surface area contributed by atoms with Crippen molar-refractivity contribution in [2.24, 2.45) is 7.05 Å². The van der Waals surface area contributed by atoms with Gasteiger partial charge >= 0.3 is 6.03 Å². The molecule has 0 aliphatic heterocycles. The molecule has 0 aliphatic carbocycles. The Kier molecular flexibility index (Phi) is 4.80. The van der Waals surface area contributed by atoms with Crippen LogP contribution in [0.4, 0.5) is 16.2 Å². The van der Waals surface area contributed by atoms with Crippen LogP contribution in [0.25, 0.3) is 11.1 Å². The van der Waals surface area contributed by atoms with Gasteiger partial charge in [-0.3, -0.25) is 9.59 Å². The zero-order chi connectivity index (χ0) is 17.0. The van der Waals surface area contributed by atoms with Crippen LogP contribution < -0.4 is 21.5 Å². The number of benzene rings is 1. The number of pyridine rings is 1. The van der Waals surface area contributed by atoms with E-state index in [-0.39, 0.29) is 11.2 Å². The summed E-state index contributed by atoms with van der Waals surface area (Å²) in [5.41, 5.74) is 3.03. The van der Waals surface area contributed by atoms with E-state index < -0.39 is 6.03 Å². The van der Waals surface area contributed by atoms with Gasteiger partial charge in [0.2, 0.25) is 6.41 Å². The molecule has 0 saturated heterocycles. The number of aryl methyl sites for hydroxylation is 1. The number of rotatable bonds is 4. The van der Waals surface area contributed by atoms with Crippen molar-refractivity contribution in [1.82, 2.24) is 9.88 Å². The lowest BCUT2D eigenvalue weighted by molar-refractivity contribution is -0.105. The van der Waals surface area contributed by atoms with Crippen LogP contribution in [0.15, 0.2) is 35.3 Å². The minimum absolute atomic E-state index is 0.178. The summed E-state index contributed by atoms with van der Waals surface area (Å²) in [4.78, 5) is 34.3. The van der Waals surface area contributed by atoms with Crippen molar-refractivity contribution in [3.63, 3.8) is 0 Å². The lowest BCUT2D eigenvalue weighted by Crippen LogP contribution is -2.29. The van der Waals surface area contributed by atoms with E-state index in [0.29, 0.717) is 12.1 Å². The molecule has 0 bridgehead atoms. The fourth-order valence-electron chi connectivity index (χ4n) is 2.30. The number of amides is 3. The molecule has 7 heteroatoms. The third-order valence-corrected chi connectivity index (χ3v) is 3.52.